The van der Waals surface area contributed by atoms with Crippen LogP contribution in [-0.4, -0.2) is 39.9 Å². The van der Waals surface area contributed by atoms with E-state index in [1.807, 2.05) is 6.07 Å². The third-order valence-electron chi connectivity index (χ3n) is 3.95. The number of nitrogens with one attached hydrogen (secondary N) is 2. The molecule has 27 heavy (non-hydrogen) atoms. The molecule has 0 aliphatic carbocycles. The number of carbonyl (C=O) groups is 2. The number of aromatic nitrogens is 3. The maximum atomic E-state index is 12.3. The van der Waals surface area contributed by atoms with Crippen LogP contribution in [0.3, 0.4) is 0 Å². The van der Waals surface area contributed by atoms with Crippen molar-refractivity contribution in [3.63, 3.8) is 0 Å². The van der Waals surface area contributed by atoms with Crippen LogP contribution in [0.5, 0.6) is 0 Å². The molecular formula is C19H19N5O3. The molecule has 8 nitrogen and oxygen atoms in total. The Morgan fingerprint density at radius 1 is 0.926 bits per heavy atom. The second kappa shape index (κ2) is 8.70. The Balaban J connectivity index is 1.43. The molecule has 0 unspecified atom stereocenters. The van der Waals surface area contributed by atoms with Gasteiger partial charge in [0.1, 0.15) is 5.52 Å². The fourth-order valence-corrected chi connectivity index (χ4v) is 2.54. The van der Waals surface area contributed by atoms with Gasteiger partial charge in [0.2, 0.25) is 5.91 Å². The van der Waals surface area contributed by atoms with E-state index in [9.17, 15) is 14.4 Å². The predicted octanol–water partition coefficient (Wildman–Crippen LogP) is 0.728. The molecule has 138 valence electrons. The van der Waals surface area contributed by atoms with Crippen molar-refractivity contribution in [2.24, 2.45) is 0 Å². The van der Waals surface area contributed by atoms with E-state index in [1.54, 1.807) is 48.5 Å². The van der Waals surface area contributed by atoms with Gasteiger partial charge in [-0.05, 0) is 24.3 Å². The second-order valence-corrected chi connectivity index (χ2v) is 5.86. The van der Waals surface area contributed by atoms with Crippen molar-refractivity contribution >= 4 is 22.7 Å². The molecule has 2 aromatic carbocycles. The van der Waals surface area contributed by atoms with E-state index in [0.29, 0.717) is 29.6 Å². The minimum atomic E-state index is -0.275. The van der Waals surface area contributed by atoms with Crippen molar-refractivity contribution in [2.45, 2.75) is 13.0 Å². The largest absolute Gasteiger partial charge is 0.354 e. The van der Waals surface area contributed by atoms with Crippen LogP contribution in [0.25, 0.3) is 10.9 Å². The number of fused-ring (bicyclic) bond motifs is 1. The summed E-state index contributed by atoms with van der Waals surface area (Å²) in [7, 11) is 0. The van der Waals surface area contributed by atoms with E-state index < -0.39 is 0 Å². The summed E-state index contributed by atoms with van der Waals surface area (Å²) in [5.74, 6) is -0.423. The van der Waals surface area contributed by atoms with Gasteiger partial charge in [-0.25, -0.2) is 4.68 Å². The molecule has 2 amide bonds. The molecule has 0 bridgehead atoms. The third-order valence-corrected chi connectivity index (χ3v) is 3.95. The molecule has 3 aromatic rings. The van der Waals surface area contributed by atoms with Crippen molar-refractivity contribution in [3.8, 4) is 0 Å². The maximum Gasteiger partial charge on any atom is 0.277 e. The minimum Gasteiger partial charge on any atom is -0.354 e. The van der Waals surface area contributed by atoms with Crippen molar-refractivity contribution in [1.29, 1.82) is 0 Å². The summed E-state index contributed by atoms with van der Waals surface area (Å²) in [6, 6.07) is 15.8. The highest BCUT2D eigenvalue weighted by molar-refractivity contribution is 5.94. The number of amides is 2. The molecular weight excluding hydrogens is 346 g/mol. The monoisotopic (exact) mass is 365 g/mol. The molecule has 0 saturated carbocycles. The predicted molar refractivity (Wildman–Crippen MR) is 100 cm³/mol. The summed E-state index contributed by atoms with van der Waals surface area (Å²) >= 11 is 0. The number of carbonyl (C=O) groups excluding carboxylic acids is 2. The van der Waals surface area contributed by atoms with Crippen molar-refractivity contribution in [2.75, 3.05) is 13.1 Å². The lowest BCUT2D eigenvalue weighted by Gasteiger charge is -2.08. The highest BCUT2D eigenvalue weighted by Gasteiger charge is 2.08. The molecule has 0 aliphatic rings. The molecule has 3 rings (SSSR count). The van der Waals surface area contributed by atoms with E-state index in [4.69, 9.17) is 0 Å². The highest BCUT2D eigenvalue weighted by atomic mass is 16.2. The van der Waals surface area contributed by atoms with Crippen molar-refractivity contribution in [1.82, 2.24) is 25.6 Å². The third kappa shape index (κ3) is 4.75. The average Bonchev–Trinajstić information content (AvgIpc) is 2.71. The van der Waals surface area contributed by atoms with Gasteiger partial charge in [0.25, 0.3) is 11.5 Å². The van der Waals surface area contributed by atoms with Gasteiger partial charge in [-0.3, -0.25) is 14.4 Å². The van der Waals surface area contributed by atoms with E-state index in [-0.39, 0.29) is 30.3 Å². The molecule has 0 saturated heterocycles. The van der Waals surface area contributed by atoms with Gasteiger partial charge in [0, 0.05) is 25.1 Å². The number of hydrogen-bond donors (Lipinski definition) is 2. The second-order valence-electron chi connectivity index (χ2n) is 5.86. The number of rotatable bonds is 7. The first kappa shape index (κ1) is 18.2. The van der Waals surface area contributed by atoms with Gasteiger partial charge in [0.05, 0.1) is 11.9 Å². The first-order valence-corrected chi connectivity index (χ1v) is 8.57. The molecule has 0 fully saturated rings. The Labute approximate surface area is 155 Å². The zero-order chi connectivity index (χ0) is 19.1. The molecule has 0 spiro atoms. The SMILES string of the molecule is O=C(CCn1nnc2ccccc2c1=O)NCCNC(=O)c1ccccc1. The number of benzene rings is 2. The lowest BCUT2D eigenvalue weighted by Crippen LogP contribution is -2.35. The van der Waals surface area contributed by atoms with E-state index in [0.717, 1.165) is 0 Å². The van der Waals surface area contributed by atoms with Crippen LogP contribution >= 0.6 is 0 Å². The molecule has 8 heteroatoms. The topological polar surface area (TPSA) is 106 Å². The molecule has 0 aliphatic heterocycles. The standard InChI is InChI=1S/C19H19N5O3/c25-17(20-11-12-21-18(26)14-6-2-1-3-7-14)10-13-24-19(27)15-8-4-5-9-16(15)22-23-24/h1-9H,10-13H2,(H,20,25)(H,21,26). The van der Waals surface area contributed by atoms with Crippen LogP contribution in [0.4, 0.5) is 0 Å². The summed E-state index contributed by atoms with van der Waals surface area (Å²) in [6.07, 6.45) is 0.0968. The smallest absolute Gasteiger partial charge is 0.277 e. The van der Waals surface area contributed by atoms with Crippen molar-refractivity contribution in [3.05, 3.63) is 70.5 Å². The zero-order valence-corrected chi connectivity index (χ0v) is 14.6. The lowest BCUT2D eigenvalue weighted by molar-refractivity contribution is -0.121. The normalized spacial score (nSPS) is 10.5. The molecule has 1 heterocycles. The van der Waals surface area contributed by atoms with Crippen LogP contribution in [0, 0.1) is 0 Å². The van der Waals surface area contributed by atoms with Gasteiger partial charge in [-0.15, -0.1) is 5.10 Å². The van der Waals surface area contributed by atoms with Gasteiger partial charge in [0.15, 0.2) is 0 Å². The molecule has 1 aromatic heterocycles. The quantitative estimate of drug-likeness (QED) is 0.601. The van der Waals surface area contributed by atoms with Gasteiger partial charge in [-0.1, -0.05) is 35.5 Å². The highest BCUT2D eigenvalue weighted by Crippen LogP contribution is 2.03. The summed E-state index contributed by atoms with van der Waals surface area (Å²) in [6.45, 7) is 0.754. The Morgan fingerprint density at radius 2 is 1.63 bits per heavy atom. The first-order valence-electron chi connectivity index (χ1n) is 8.57. The maximum absolute atomic E-state index is 12.3. The Kier molecular flexibility index (Phi) is 5.88. The van der Waals surface area contributed by atoms with Gasteiger partial charge < -0.3 is 10.6 Å². The fraction of sp³-hybridized carbons (Fsp3) is 0.211. The number of nitrogens with zero attached hydrogens (tertiary/aromatic N) is 3. The van der Waals surface area contributed by atoms with Gasteiger partial charge in [-0.2, -0.15) is 0 Å². The summed E-state index contributed by atoms with van der Waals surface area (Å²) in [5, 5.41) is 13.7. The van der Waals surface area contributed by atoms with Crippen LogP contribution in [-0.2, 0) is 11.3 Å². The molecule has 0 radical (unpaired) electrons. The van der Waals surface area contributed by atoms with Crippen LogP contribution in [0.2, 0.25) is 0 Å². The van der Waals surface area contributed by atoms with E-state index in [1.165, 1.54) is 4.68 Å². The van der Waals surface area contributed by atoms with Crippen LogP contribution in [0.15, 0.2) is 59.4 Å². The number of aryl methyl sites for hydroxylation is 1. The Bertz CT molecular complexity index is 1000. The summed E-state index contributed by atoms with van der Waals surface area (Å²) in [4.78, 5) is 36.1. The summed E-state index contributed by atoms with van der Waals surface area (Å²) < 4.78 is 1.18. The summed E-state index contributed by atoms with van der Waals surface area (Å²) in [5.41, 5.74) is 0.818. The van der Waals surface area contributed by atoms with Crippen LogP contribution < -0.4 is 16.2 Å². The van der Waals surface area contributed by atoms with Gasteiger partial charge >= 0.3 is 0 Å². The van der Waals surface area contributed by atoms with E-state index >= 15 is 0 Å². The Morgan fingerprint density at radius 3 is 2.44 bits per heavy atom. The fourth-order valence-electron chi connectivity index (χ4n) is 2.54. The van der Waals surface area contributed by atoms with E-state index in [2.05, 4.69) is 20.9 Å². The first-order chi connectivity index (χ1) is 13.1. The molecule has 0 atom stereocenters. The van der Waals surface area contributed by atoms with Crippen LogP contribution in [0.1, 0.15) is 16.8 Å². The lowest BCUT2D eigenvalue weighted by atomic mass is 10.2. The average molecular weight is 365 g/mol. The minimum absolute atomic E-state index is 0.0968. The number of hydrogen-bond acceptors (Lipinski definition) is 5. The van der Waals surface area contributed by atoms with Crippen molar-refractivity contribution < 1.29 is 9.59 Å². The zero-order valence-electron chi connectivity index (χ0n) is 14.6. The Hall–Kier alpha value is -3.55. The molecule has 2 N–H and O–H groups in total.